The van der Waals surface area contributed by atoms with E-state index in [9.17, 15) is 0 Å². The molecule has 214 valence electrons. The first kappa shape index (κ1) is 25.7. The average Bonchev–Trinajstić information content (AvgIpc) is 3.31. The Morgan fingerprint density at radius 1 is 0.489 bits per heavy atom. The summed E-state index contributed by atoms with van der Waals surface area (Å²) in [5, 5.41) is 0. The first-order valence-corrected chi connectivity index (χ1v) is 15.1. The minimum absolute atomic E-state index is 0.128. The smallest absolute Gasteiger partial charge is 0.284 e. The monoisotopic (exact) mass is 581 g/mol. The molecule has 5 heteroatoms. The number of fused-ring (bicyclic) bond motifs is 6. The number of benzene rings is 5. The van der Waals surface area contributed by atoms with Crippen molar-refractivity contribution in [2.24, 2.45) is 0 Å². The molecule has 5 nitrogen and oxygen atoms in total. The highest BCUT2D eigenvalue weighted by Crippen LogP contribution is 2.51. The molecule has 0 saturated carbocycles. The predicted molar refractivity (Wildman–Crippen MR) is 178 cm³/mol. The molecular weight excluding hydrogens is 554 g/mol. The summed E-state index contributed by atoms with van der Waals surface area (Å²) in [6, 6.07) is 40.2. The summed E-state index contributed by atoms with van der Waals surface area (Å²) in [4.78, 5) is 13.6. The number of aromatic nitrogens is 3. The van der Waals surface area contributed by atoms with E-state index >= 15 is 0 Å². The van der Waals surface area contributed by atoms with Crippen LogP contribution in [-0.2, 0) is 5.41 Å². The van der Waals surface area contributed by atoms with Crippen molar-refractivity contribution >= 4 is 11.0 Å². The van der Waals surface area contributed by atoms with Gasteiger partial charge in [-0.3, -0.25) is 4.98 Å². The van der Waals surface area contributed by atoms with Gasteiger partial charge in [0, 0.05) is 17.8 Å². The van der Waals surface area contributed by atoms with E-state index in [1.807, 2.05) is 54.9 Å². The average molecular weight is 582 g/mol. The summed E-state index contributed by atoms with van der Waals surface area (Å²) in [7, 11) is 0. The summed E-state index contributed by atoms with van der Waals surface area (Å²) in [5.74, 6) is 2.00. The maximum atomic E-state index is 6.20. The minimum atomic E-state index is -0.128. The minimum Gasteiger partial charge on any atom is -0.431 e. The molecule has 0 atom stereocenters. The van der Waals surface area contributed by atoms with Gasteiger partial charge in [0.25, 0.3) is 11.8 Å². The van der Waals surface area contributed by atoms with E-state index in [0.29, 0.717) is 23.3 Å². The lowest BCUT2D eigenvalue weighted by Crippen LogP contribution is -2.15. The fourth-order valence-corrected chi connectivity index (χ4v) is 6.67. The van der Waals surface area contributed by atoms with E-state index in [2.05, 4.69) is 102 Å². The molecular formula is C40H27N3O2. The van der Waals surface area contributed by atoms with Crippen molar-refractivity contribution in [2.45, 2.75) is 19.3 Å². The van der Waals surface area contributed by atoms with E-state index in [1.54, 1.807) is 0 Å². The van der Waals surface area contributed by atoms with Crippen molar-refractivity contribution in [1.29, 1.82) is 0 Å². The Balaban J connectivity index is 1.04. The van der Waals surface area contributed by atoms with Gasteiger partial charge in [0.05, 0.1) is 11.0 Å². The van der Waals surface area contributed by atoms with Crippen LogP contribution in [0.25, 0.3) is 55.5 Å². The molecule has 0 spiro atoms. The Kier molecular flexibility index (Phi) is 5.47. The number of pyridine rings is 1. The highest BCUT2D eigenvalue weighted by molar-refractivity contribution is 5.86. The van der Waals surface area contributed by atoms with Crippen LogP contribution in [0.5, 0.6) is 23.3 Å². The van der Waals surface area contributed by atoms with Crippen LogP contribution >= 0.6 is 0 Å². The fourth-order valence-electron chi connectivity index (χ4n) is 6.67. The fraction of sp³-hybridized carbons (Fsp3) is 0.0750. The standard InChI is InChI=1S/C40H27N3O2/c1-40(2)32-20-26(12-15-30(32)31-16-13-27(21-33(31)40)29-9-6-18-41-23-29)24-7-5-8-25(19-24)28-14-17-36-37(22-28)45-39-38(44-36)42-34-10-3-4-11-35(34)43-39/h3-23H,1-2H3. The van der Waals surface area contributed by atoms with Gasteiger partial charge in [0.15, 0.2) is 11.5 Å². The van der Waals surface area contributed by atoms with Gasteiger partial charge in [0.1, 0.15) is 0 Å². The van der Waals surface area contributed by atoms with Crippen molar-refractivity contribution in [3.63, 3.8) is 0 Å². The number of hydrogen-bond acceptors (Lipinski definition) is 5. The van der Waals surface area contributed by atoms with Crippen molar-refractivity contribution < 1.29 is 9.47 Å². The van der Waals surface area contributed by atoms with Crippen LogP contribution in [0.4, 0.5) is 0 Å². The van der Waals surface area contributed by atoms with Gasteiger partial charge < -0.3 is 9.47 Å². The van der Waals surface area contributed by atoms with Crippen molar-refractivity contribution in [3.8, 4) is 67.8 Å². The molecule has 9 rings (SSSR count). The predicted octanol–water partition coefficient (Wildman–Crippen LogP) is 10.2. The Labute approximate surface area is 260 Å². The highest BCUT2D eigenvalue weighted by Gasteiger charge is 2.36. The lowest BCUT2D eigenvalue weighted by Gasteiger charge is -2.22. The maximum Gasteiger partial charge on any atom is 0.284 e. The Morgan fingerprint density at radius 3 is 1.69 bits per heavy atom. The second-order valence-corrected chi connectivity index (χ2v) is 12.2. The second kappa shape index (κ2) is 9.60. The van der Waals surface area contributed by atoms with Gasteiger partial charge in [-0.25, -0.2) is 9.97 Å². The molecule has 0 saturated heterocycles. The summed E-state index contributed by atoms with van der Waals surface area (Å²) in [5.41, 5.74) is 13.5. The first-order valence-electron chi connectivity index (χ1n) is 15.1. The number of rotatable bonds is 3. The molecule has 5 aromatic carbocycles. The largest absolute Gasteiger partial charge is 0.431 e. The molecule has 1 aliphatic heterocycles. The molecule has 0 bridgehead atoms. The zero-order chi connectivity index (χ0) is 30.1. The van der Waals surface area contributed by atoms with E-state index in [-0.39, 0.29) is 5.41 Å². The molecule has 0 fully saturated rings. The Hall–Kier alpha value is -5.81. The number of para-hydroxylation sites is 2. The van der Waals surface area contributed by atoms with Gasteiger partial charge in [-0.2, -0.15) is 0 Å². The zero-order valence-corrected chi connectivity index (χ0v) is 24.8. The van der Waals surface area contributed by atoms with Crippen molar-refractivity contribution in [3.05, 3.63) is 139 Å². The Morgan fingerprint density at radius 2 is 1.04 bits per heavy atom. The normalized spacial score (nSPS) is 13.6. The first-order chi connectivity index (χ1) is 22.0. The van der Waals surface area contributed by atoms with E-state index in [1.165, 1.54) is 33.4 Å². The number of hydrogen-bond donors (Lipinski definition) is 0. The third-order valence-corrected chi connectivity index (χ3v) is 9.07. The van der Waals surface area contributed by atoms with Gasteiger partial charge >= 0.3 is 0 Å². The third kappa shape index (κ3) is 4.12. The lowest BCUT2D eigenvalue weighted by atomic mass is 9.81. The summed E-state index contributed by atoms with van der Waals surface area (Å²) < 4.78 is 12.3. The van der Waals surface area contributed by atoms with E-state index < -0.39 is 0 Å². The maximum absolute atomic E-state index is 6.20. The van der Waals surface area contributed by atoms with Crippen LogP contribution in [0.2, 0.25) is 0 Å². The van der Waals surface area contributed by atoms with Crippen LogP contribution in [0, 0.1) is 0 Å². The van der Waals surface area contributed by atoms with Gasteiger partial charge in [-0.15, -0.1) is 0 Å². The summed E-state index contributed by atoms with van der Waals surface area (Å²) in [6.45, 7) is 4.65. The molecule has 0 radical (unpaired) electrons. The highest BCUT2D eigenvalue weighted by atomic mass is 16.6. The summed E-state index contributed by atoms with van der Waals surface area (Å²) >= 11 is 0. The zero-order valence-electron chi connectivity index (χ0n) is 24.8. The van der Waals surface area contributed by atoms with Crippen LogP contribution < -0.4 is 9.47 Å². The molecule has 0 N–H and O–H groups in total. The van der Waals surface area contributed by atoms with Crippen LogP contribution in [0.1, 0.15) is 25.0 Å². The molecule has 1 aliphatic carbocycles. The molecule has 2 aromatic heterocycles. The molecule has 7 aromatic rings. The second-order valence-electron chi connectivity index (χ2n) is 12.2. The van der Waals surface area contributed by atoms with Crippen molar-refractivity contribution in [2.75, 3.05) is 0 Å². The lowest BCUT2D eigenvalue weighted by molar-refractivity contribution is 0.339. The van der Waals surface area contributed by atoms with E-state index in [4.69, 9.17) is 9.47 Å². The van der Waals surface area contributed by atoms with E-state index in [0.717, 1.165) is 33.3 Å². The SMILES string of the molecule is CC1(C)c2cc(-c3cccnc3)ccc2-c2ccc(-c3cccc(-c4ccc5c(c4)Oc4nc6ccccc6nc4O5)c3)cc21. The Bertz CT molecular complexity index is 2310. The molecule has 45 heavy (non-hydrogen) atoms. The third-order valence-electron chi connectivity index (χ3n) is 9.07. The van der Waals surface area contributed by atoms with Crippen LogP contribution in [0.15, 0.2) is 128 Å². The number of nitrogens with zero attached hydrogens (tertiary/aromatic N) is 3. The van der Waals surface area contributed by atoms with Gasteiger partial charge in [-0.1, -0.05) is 80.6 Å². The molecule has 0 amide bonds. The summed E-state index contributed by atoms with van der Waals surface area (Å²) in [6.07, 6.45) is 3.75. The number of ether oxygens (including phenoxy) is 2. The molecule has 2 aliphatic rings. The van der Waals surface area contributed by atoms with Gasteiger partial charge in [-0.05, 0) is 104 Å². The topological polar surface area (TPSA) is 57.1 Å². The van der Waals surface area contributed by atoms with Crippen LogP contribution in [0.3, 0.4) is 0 Å². The molecule has 3 heterocycles. The molecule has 0 unspecified atom stereocenters. The van der Waals surface area contributed by atoms with Crippen molar-refractivity contribution in [1.82, 2.24) is 15.0 Å². The van der Waals surface area contributed by atoms with Gasteiger partial charge in [0.2, 0.25) is 0 Å². The van der Waals surface area contributed by atoms with Crippen LogP contribution in [-0.4, -0.2) is 15.0 Å². The quantitative estimate of drug-likeness (QED) is 0.208.